The van der Waals surface area contributed by atoms with Crippen molar-refractivity contribution in [3.8, 4) is 11.3 Å². The highest BCUT2D eigenvalue weighted by Gasteiger charge is 2.07. The lowest BCUT2D eigenvalue weighted by molar-refractivity contribution is 0.607. The number of nitrogens with zero attached hydrogens (tertiary/aromatic N) is 1. The summed E-state index contributed by atoms with van der Waals surface area (Å²) >= 11 is 0. The predicted molar refractivity (Wildman–Crippen MR) is 75.9 cm³/mol. The Morgan fingerprint density at radius 3 is 2.37 bits per heavy atom. The van der Waals surface area contributed by atoms with E-state index < -0.39 is 0 Å². The average Bonchev–Trinajstić information content (AvgIpc) is 2.81. The maximum Gasteiger partial charge on any atom is 0.137 e. The molecule has 0 saturated carbocycles. The molecule has 19 heavy (non-hydrogen) atoms. The van der Waals surface area contributed by atoms with E-state index >= 15 is 0 Å². The normalized spacial score (nSPS) is 10.9. The number of fused-ring (bicyclic) bond motifs is 1. The Kier molecular flexibility index (Phi) is 2.75. The highest BCUT2D eigenvalue weighted by Crippen LogP contribution is 2.29. The minimum absolute atomic E-state index is 0.281. The molecule has 2 aromatic carbocycles. The fraction of sp³-hybridized carbons (Fsp3) is 0.125. The molecule has 0 aliphatic rings. The van der Waals surface area contributed by atoms with Crippen LogP contribution < -0.4 is 4.90 Å². The van der Waals surface area contributed by atoms with Crippen LogP contribution in [-0.4, -0.2) is 14.1 Å². The van der Waals surface area contributed by atoms with Crippen LogP contribution in [-0.2, 0) is 0 Å². The third kappa shape index (κ3) is 2.19. The first-order chi connectivity index (χ1) is 9.13. The van der Waals surface area contributed by atoms with E-state index in [0.29, 0.717) is 5.58 Å². The summed E-state index contributed by atoms with van der Waals surface area (Å²) < 4.78 is 18.8. The largest absolute Gasteiger partial charge is 0.456 e. The van der Waals surface area contributed by atoms with Gasteiger partial charge in [-0.1, -0.05) is 0 Å². The maximum absolute atomic E-state index is 13.1. The lowest BCUT2D eigenvalue weighted by Gasteiger charge is -2.11. The van der Waals surface area contributed by atoms with Crippen LogP contribution in [0.4, 0.5) is 10.1 Å². The Morgan fingerprint density at radius 1 is 0.947 bits per heavy atom. The Hall–Kier alpha value is -2.29. The molecule has 0 atom stereocenters. The van der Waals surface area contributed by atoms with Crippen LogP contribution in [0, 0.1) is 5.82 Å². The summed E-state index contributed by atoms with van der Waals surface area (Å²) in [5.41, 5.74) is 2.69. The second kappa shape index (κ2) is 4.43. The van der Waals surface area contributed by atoms with Crippen LogP contribution in [0.2, 0.25) is 0 Å². The molecule has 0 spiro atoms. The van der Waals surface area contributed by atoms with E-state index in [1.54, 1.807) is 6.07 Å². The van der Waals surface area contributed by atoms with Crippen molar-refractivity contribution >= 4 is 16.7 Å². The van der Waals surface area contributed by atoms with Gasteiger partial charge in [0.1, 0.15) is 17.2 Å². The summed E-state index contributed by atoms with van der Waals surface area (Å²) in [4.78, 5) is 2.04. The third-order valence-corrected chi connectivity index (χ3v) is 3.15. The first-order valence-electron chi connectivity index (χ1n) is 6.10. The van der Waals surface area contributed by atoms with Crippen molar-refractivity contribution in [1.29, 1.82) is 0 Å². The molecular weight excluding hydrogens is 241 g/mol. The molecule has 2 nitrogen and oxygen atoms in total. The Labute approximate surface area is 111 Å². The second-order valence-electron chi connectivity index (χ2n) is 4.73. The first-order valence-corrected chi connectivity index (χ1v) is 6.10. The number of anilines is 1. The van der Waals surface area contributed by atoms with Crippen LogP contribution in [0.3, 0.4) is 0 Å². The smallest absolute Gasteiger partial charge is 0.137 e. The fourth-order valence-corrected chi connectivity index (χ4v) is 2.07. The quantitative estimate of drug-likeness (QED) is 0.678. The van der Waals surface area contributed by atoms with Crippen molar-refractivity contribution in [2.24, 2.45) is 0 Å². The molecule has 0 amide bonds. The molecule has 3 rings (SSSR count). The van der Waals surface area contributed by atoms with Crippen LogP contribution in [0.25, 0.3) is 22.3 Å². The minimum atomic E-state index is -0.281. The number of furan rings is 1. The van der Waals surface area contributed by atoms with Gasteiger partial charge in [0.2, 0.25) is 0 Å². The topological polar surface area (TPSA) is 16.4 Å². The van der Waals surface area contributed by atoms with Crippen molar-refractivity contribution in [1.82, 2.24) is 0 Å². The van der Waals surface area contributed by atoms with E-state index in [9.17, 15) is 4.39 Å². The third-order valence-electron chi connectivity index (χ3n) is 3.15. The number of benzene rings is 2. The van der Waals surface area contributed by atoms with Gasteiger partial charge in [0.25, 0.3) is 0 Å². The zero-order chi connectivity index (χ0) is 13.4. The molecule has 0 radical (unpaired) electrons. The Balaban J connectivity index is 2.03. The van der Waals surface area contributed by atoms with Gasteiger partial charge in [-0.2, -0.15) is 0 Å². The van der Waals surface area contributed by atoms with Crippen LogP contribution >= 0.6 is 0 Å². The van der Waals surface area contributed by atoms with Crippen molar-refractivity contribution in [3.05, 3.63) is 54.3 Å². The van der Waals surface area contributed by atoms with Crippen LogP contribution in [0.1, 0.15) is 0 Å². The van der Waals surface area contributed by atoms with Gasteiger partial charge >= 0.3 is 0 Å². The monoisotopic (exact) mass is 255 g/mol. The number of halogens is 1. The van der Waals surface area contributed by atoms with E-state index in [2.05, 4.69) is 0 Å². The molecule has 1 heterocycles. The van der Waals surface area contributed by atoms with Crippen molar-refractivity contribution < 1.29 is 8.81 Å². The molecule has 3 heteroatoms. The summed E-state index contributed by atoms with van der Waals surface area (Å²) in [6, 6.07) is 14.6. The molecule has 1 aromatic heterocycles. The molecule has 0 N–H and O–H groups in total. The molecule has 0 aliphatic carbocycles. The van der Waals surface area contributed by atoms with Gasteiger partial charge < -0.3 is 9.32 Å². The second-order valence-corrected chi connectivity index (χ2v) is 4.73. The molecule has 0 bridgehead atoms. The van der Waals surface area contributed by atoms with Crippen molar-refractivity contribution in [3.63, 3.8) is 0 Å². The van der Waals surface area contributed by atoms with Crippen LogP contribution in [0.5, 0.6) is 0 Å². The molecule has 0 aliphatic heterocycles. The zero-order valence-corrected chi connectivity index (χ0v) is 10.9. The molecule has 3 aromatic rings. The number of rotatable bonds is 2. The lowest BCUT2D eigenvalue weighted by atomic mass is 10.1. The lowest BCUT2D eigenvalue weighted by Crippen LogP contribution is -2.07. The van der Waals surface area contributed by atoms with E-state index in [4.69, 9.17) is 4.42 Å². The van der Waals surface area contributed by atoms with Crippen LogP contribution in [0.15, 0.2) is 52.9 Å². The molecule has 0 saturated heterocycles. The van der Waals surface area contributed by atoms with Gasteiger partial charge in [0.15, 0.2) is 0 Å². The summed E-state index contributed by atoms with van der Waals surface area (Å²) in [5, 5.41) is 0.910. The average molecular weight is 255 g/mol. The van der Waals surface area contributed by atoms with Gasteiger partial charge in [-0.25, -0.2) is 4.39 Å². The van der Waals surface area contributed by atoms with Gasteiger partial charge in [0, 0.05) is 36.8 Å². The molecule has 96 valence electrons. The van der Waals surface area contributed by atoms with E-state index in [0.717, 1.165) is 22.4 Å². The van der Waals surface area contributed by atoms with Gasteiger partial charge in [-0.05, 0) is 42.5 Å². The molecular formula is C16H14FNO. The fourth-order valence-electron chi connectivity index (χ4n) is 2.07. The molecule has 0 fully saturated rings. The minimum Gasteiger partial charge on any atom is -0.456 e. The first kappa shape index (κ1) is 11.8. The highest BCUT2D eigenvalue weighted by molar-refractivity contribution is 5.83. The van der Waals surface area contributed by atoms with Gasteiger partial charge in [-0.3, -0.25) is 0 Å². The number of hydrogen-bond donors (Lipinski definition) is 0. The van der Waals surface area contributed by atoms with Crippen molar-refractivity contribution in [2.45, 2.75) is 0 Å². The van der Waals surface area contributed by atoms with Gasteiger partial charge in [-0.15, -0.1) is 0 Å². The van der Waals surface area contributed by atoms with E-state index in [-0.39, 0.29) is 5.82 Å². The summed E-state index contributed by atoms with van der Waals surface area (Å²) in [7, 11) is 4.00. The van der Waals surface area contributed by atoms with Crippen molar-refractivity contribution in [2.75, 3.05) is 19.0 Å². The number of hydrogen-bond acceptors (Lipinski definition) is 2. The van der Waals surface area contributed by atoms with Gasteiger partial charge in [0.05, 0.1) is 0 Å². The Morgan fingerprint density at radius 2 is 1.68 bits per heavy atom. The summed E-state index contributed by atoms with van der Waals surface area (Å²) in [5.74, 6) is 0.474. The molecule has 0 unspecified atom stereocenters. The summed E-state index contributed by atoms with van der Waals surface area (Å²) in [6.45, 7) is 0. The maximum atomic E-state index is 13.1. The zero-order valence-electron chi connectivity index (χ0n) is 10.9. The summed E-state index contributed by atoms with van der Waals surface area (Å²) in [6.07, 6.45) is 0. The standard InChI is InChI=1S/C16H14FNO/c1-18(2)14-7-4-11(5-8-14)15-9-12-3-6-13(17)10-16(12)19-15/h3-10H,1-2H3. The Bertz CT molecular complexity index is 713. The van der Waals surface area contributed by atoms with E-state index in [1.807, 2.05) is 49.3 Å². The van der Waals surface area contributed by atoms with E-state index in [1.165, 1.54) is 12.1 Å². The highest BCUT2D eigenvalue weighted by atomic mass is 19.1. The predicted octanol–water partition coefficient (Wildman–Crippen LogP) is 4.30. The SMILES string of the molecule is CN(C)c1ccc(-c2cc3ccc(F)cc3o2)cc1.